The van der Waals surface area contributed by atoms with Crippen molar-refractivity contribution in [2.24, 2.45) is 0 Å². The van der Waals surface area contributed by atoms with Gasteiger partial charge in [0.2, 0.25) is 6.10 Å². The van der Waals surface area contributed by atoms with Gasteiger partial charge in [-0.05, 0) is 6.92 Å². The Hall–Kier alpha value is -1.57. The summed E-state index contributed by atoms with van der Waals surface area (Å²) < 4.78 is 48.0. The molecule has 1 atom stereocenters. The molecule has 104 valence electrons. The first-order chi connectivity index (χ1) is 8.88. The van der Waals surface area contributed by atoms with Gasteiger partial charge in [0.25, 0.3) is 0 Å². The molecular formula is C11H10F3NO3S. The zero-order valence-electron chi connectivity index (χ0n) is 9.86. The molecule has 0 spiro atoms. The smallest absolute Gasteiger partial charge is 0.432 e. The Morgan fingerprint density at radius 3 is 2.79 bits per heavy atom. The Morgan fingerprint density at radius 2 is 2.32 bits per heavy atom. The van der Waals surface area contributed by atoms with Crippen molar-refractivity contribution in [2.45, 2.75) is 25.6 Å². The van der Waals surface area contributed by atoms with Gasteiger partial charge in [-0.25, -0.2) is 9.78 Å². The molecule has 8 heteroatoms. The second kappa shape index (κ2) is 5.20. The van der Waals surface area contributed by atoms with Crippen LogP contribution in [-0.4, -0.2) is 23.7 Å². The van der Waals surface area contributed by atoms with Crippen molar-refractivity contribution in [3.63, 3.8) is 0 Å². The third-order valence-electron chi connectivity index (χ3n) is 2.36. The van der Waals surface area contributed by atoms with Crippen LogP contribution in [0.4, 0.5) is 13.2 Å². The molecule has 1 aliphatic heterocycles. The van der Waals surface area contributed by atoms with Crippen molar-refractivity contribution in [1.29, 1.82) is 0 Å². The summed E-state index contributed by atoms with van der Waals surface area (Å²) in [5.41, 5.74) is 0.552. The van der Waals surface area contributed by atoms with Gasteiger partial charge in [0, 0.05) is 17.5 Å². The van der Waals surface area contributed by atoms with E-state index < -0.39 is 18.2 Å². The number of carbonyl (C=O) groups excluding carboxylic acids is 1. The summed E-state index contributed by atoms with van der Waals surface area (Å²) in [5.74, 6) is -1.02. The lowest BCUT2D eigenvalue weighted by molar-refractivity contribution is -0.222. The van der Waals surface area contributed by atoms with Crippen LogP contribution in [0.25, 0.3) is 0 Å². The Bertz CT molecular complexity index is 510. The number of ether oxygens (including phenoxy) is 2. The fourth-order valence-electron chi connectivity index (χ4n) is 1.47. The van der Waals surface area contributed by atoms with Crippen molar-refractivity contribution in [2.75, 3.05) is 6.61 Å². The summed E-state index contributed by atoms with van der Waals surface area (Å²) >= 11 is 0.810. The van der Waals surface area contributed by atoms with E-state index in [0.717, 1.165) is 17.6 Å². The third-order valence-corrected chi connectivity index (χ3v) is 3.37. The zero-order chi connectivity index (χ0) is 14.0. The molecule has 0 fully saturated rings. The second-order valence-corrected chi connectivity index (χ2v) is 4.81. The molecule has 0 saturated heterocycles. The molecule has 0 aromatic carbocycles. The normalized spacial score (nSPS) is 16.7. The van der Waals surface area contributed by atoms with Crippen molar-refractivity contribution in [1.82, 2.24) is 4.98 Å². The van der Waals surface area contributed by atoms with Crippen LogP contribution in [0.2, 0.25) is 0 Å². The molecule has 0 aliphatic carbocycles. The maximum atomic E-state index is 12.9. The second-order valence-electron chi connectivity index (χ2n) is 3.92. The van der Waals surface area contributed by atoms with E-state index in [4.69, 9.17) is 4.74 Å². The topological polar surface area (TPSA) is 48.4 Å². The first-order valence-electron chi connectivity index (χ1n) is 5.38. The van der Waals surface area contributed by atoms with Gasteiger partial charge in [-0.2, -0.15) is 13.2 Å². The average Bonchev–Trinajstić information content (AvgIpc) is 2.94. The fourth-order valence-corrected chi connectivity index (χ4v) is 2.32. The van der Waals surface area contributed by atoms with E-state index >= 15 is 0 Å². The van der Waals surface area contributed by atoms with E-state index in [1.807, 2.05) is 0 Å². The molecule has 4 nitrogen and oxygen atoms in total. The molecule has 0 amide bonds. The number of aryl methyl sites for hydroxylation is 1. The molecule has 0 saturated carbocycles. The van der Waals surface area contributed by atoms with Crippen LogP contribution in [0, 0.1) is 6.92 Å². The molecule has 1 aromatic rings. The van der Waals surface area contributed by atoms with Crippen molar-refractivity contribution in [3.8, 4) is 0 Å². The third kappa shape index (κ3) is 3.25. The predicted octanol–water partition coefficient (Wildman–Crippen LogP) is 2.90. The highest BCUT2D eigenvalue weighted by molar-refractivity contribution is 7.09. The predicted molar refractivity (Wildman–Crippen MR) is 60.4 cm³/mol. The van der Waals surface area contributed by atoms with E-state index in [-0.39, 0.29) is 23.6 Å². The van der Waals surface area contributed by atoms with Crippen LogP contribution in [-0.2, 0) is 14.3 Å². The summed E-state index contributed by atoms with van der Waals surface area (Å²) in [5, 5.41) is 1.19. The Morgan fingerprint density at radius 1 is 1.58 bits per heavy atom. The van der Waals surface area contributed by atoms with Gasteiger partial charge in [0.05, 0.1) is 18.4 Å². The lowest BCUT2D eigenvalue weighted by atomic mass is 10.2. The molecule has 2 rings (SSSR count). The lowest BCUT2D eigenvalue weighted by Crippen LogP contribution is -2.26. The highest BCUT2D eigenvalue weighted by Gasteiger charge is 2.46. The zero-order valence-corrected chi connectivity index (χ0v) is 10.7. The number of thiazole rings is 1. The first kappa shape index (κ1) is 13.9. The van der Waals surface area contributed by atoms with Crippen molar-refractivity contribution >= 4 is 17.3 Å². The average molecular weight is 293 g/mol. The molecule has 2 heterocycles. The summed E-state index contributed by atoms with van der Waals surface area (Å²) in [7, 11) is 0. The van der Waals surface area contributed by atoms with E-state index in [0.29, 0.717) is 5.69 Å². The molecule has 1 aliphatic rings. The minimum atomic E-state index is -4.69. The summed E-state index contributed by atoms with van der Waals surface area (Å²) in [4.78, 5) is 15.3. The van der Waals surface area contributed by atoms with Gasteiger partial charge in [0.15, 0.2) is 0 Å². The lowest BCUT2D eigenvalue weighted by Gasteiger charge is -2.18. The number of alkyl halides is 3. The summed E-state index contributed by atoms with van der Waals surface area (Å²) in [6.45, 7) is 1.85. The van der Waals surface area contributed by atoms with E-state index in [1.54, 1.807) is 6.92 Å². The quantitative estimate of drug-likeness (QED) is 0.804. The molecule has 0 radical (unpaired) electrons. The summed E-state index contributed by atoms with van der Waals surface area (Å²) in [6, 6.07) is 0. The van der Waals surface area contributed by atoms with Crippen molar-refractivity contribution in [3.05, 3.63) is 27.9 Å². The van der Waals surface area contributed by atoms with Gasteiger partial charge in [-0.3, -0.25) is 0 Å². The maximum absolute atomic E-state index is 12.9. The van der Waals surface area contributed by atoms with Crippen LogP contribution < -0.4 is 0 Å². The minimum Gasteiger partial charge on any atom is -0.500 e. The number of nitrogens with zero attached hydrogens (tertiary/aromatic N) is 1. The van der Waals surface area contributed by atoms with Gasteiger partial charge < -0.3 is 9.47 Å². The number of hydrogen-bond donors (Lipinski definition) is 0. The van der Waals surface area contributed by atoms with E-state index in [9.17, 15) is 18.0 Å². The molecule has 19 heavy (non-hydrogen) atoms. The van der Waals surface area contributed by atoms with Crippen molar-refractivity contribution < 1.29 is 27.4 Å². The standard InChI is InChI=1S/C11H10F3NO3S/c1-6-5-19-9(15-6)8(11(12,13)14)18-10(16)7-2-3-17-4-7/h4-5,8H,2-3H2,1H3. The van der Waals surface area contributed by atoms with E-state index in [1.165, 1.54) is 5.38 Å². The number of halogens is 3. The molecule has 1 aromatic heterocycles. The van der Waals surface area contributed by atoms with Crippen LogP contribution >= 0.6 is 11.3 Å². The number of esters is 1. The maximum Gasteiger partial charge on any atom is 0.432 e. The van der Waals surface area contributed by atoms with Gasteiger partial charge in [-0.1, -0.05) is 0 Å². The Labute approximate surface area is 110 Å². The van der Waals surface area contributed by atoms with Crippen LogP contribution in [0.3, 0.4) is 0 Å². The highest BCUT2D eigenvalue weighted by atomic mass is 32.1. The van der Waals surface area contributed by atoms with Gasteiger partial charge >= 0.3 is 12.1 Å². The number of hydrogen-bond acceptors (Lipinski definition) is 5. The molecule has 0 bridgehead atoms. The largest absolute Gasteiger partial charge is 0.500 e. The van der Waals surface area contributed by atoms with Gasteiger partial charge in [0.1, 0.15) is 5.01 Å². The monoisotopic (exact) mass is 293 g/mol. The van der Waals surface area contributed by atoms with Crippen LogP contribution in [0.5, 0.6) is 0 Å². The number of rotatable bonds is 3. The Kier molecular flexibility index (Phi) is 3.79. The molecule has 0 N–H and O–H groups in total. The first-order valence-corrected chi connectivity index (χ1v) is 6.26. The fraction of sp³-hybridized carbons (Fsp3) is 0.455. The van der Waals surface area contributed by atoms with Crippen LogP contribution in [0.15, 0.2) is 17.2 Å². The minimum absolute atomic E-state index is 0.0996. The van der Waals surface area contributed by atoms with Gasteiger partial charge in [-0.15, -0.1) is 11.3 Å². The SMILES string of the molecule is Cc1csc(C(OC(=O)C2=COCC2)C(F)(F)F)n1. The molecular weight excluding hydrogens is 283 g/mol. The Balaban J connectivity index is 2.17. The van der Waals surface area contributed by atoms with Crippen LogP contribution in [0.1, 0.15) is 23.2 Å². The highest BCUT2D eigenvalue weighted by Crippen LogP contribution is 2.38. The number of aromatic nitrogens is 1. The molecule has 1 unspecified atom stereocenters. The van der Waals surface area contributed by atoms with E-state index in [2.05, 4.69) is 9.72 Å². The number of carbonyl (C=O) groups is 1. The summed E-state index contributed by atoms with van der Waals surface area (Å²) in [6.07, 6.45) is -5.65.